The minimum absolute atomic E-state index is 0.228. The van der Waals surface area contributed by atoms with Crippen molar-refractivity contribution < 1.29 is 14.2 Å². The molecule has 1 unspecified atom stereocenters. The molecule has 258 valence electrons. The van der Waals surface area contributed by atoms with Crippen molar-refractivity contribution >= 4 is 69.6 Å². The van der Waals surface area contributed by atoms with Gasteiger partial charge >= 0.3 is 0 Å². The van der Waals surface area contributed by atoms with Gasteiger partial charge in [-0.1, -0.05) is 81.7 Å². The Morgan fingerprint density at radius 3 is 1.40 bits per heavy atom. The fourth-order valence-corrected chi connectivity index (χ4v) is 6.41. The largest absolute Gasteiger partial charge is 0.490 e. The highest BCUT2D eigenvalue weighted by Gasteiger charge is 2.22. The summed E-state index contributed by atoms with van der Waals surface area (Å²) in [6.07, 6.45) is 6.04. The van der Waals surface area contributed by atoms with Crippen LogP contribution in [-0.2, 0) is 0 Å². The van der Waals surface area contributed by atoms with E-state index in [2.05, 4.69) is 35.8 Å². The highest BCUT2D eigenvalue weighted by molar-refractivity contribution is 6.43. The first-order chi connectivity index (χ1) is 22.5. The van der Waals surface area contributed by atoms with E-state index in [-0.39, 0.29) is 12.2 Å². The lowest BCUT2D eigenvalue weighted by Crippen LogP contribution is -2.35. The van der Waals surface area contributed by atoms with Crippen molar-refractivity contribution in [3.05, 3.63) is 84.7 Å². The molecule has 0 amide bonds. The SMILES string of the molecule is CN1CCC(Oc2ccc(Cl)c(Cl)c2)CC1.CN1CCC(Oc2cccc(Cl)c2Cl)C1.CN1CCC(Oc2cccc(Cl)c2Cl)CC1. The van der Waals surface area contributed by atoms with E-state index in [4.69, 9.17) is 83.8 Å². The Bertz CT molecular complexity index is 1420. The number of rotatable bonds is 6. The molecule has 0 saturated carbocycles. The monoisotopic (exact) mass is 763 g/mol. The fraction of sp³-hybridized carbons (Fsp3) is 0.486. The molecule has 3 aromatic carbocycles. The van der Waals surface area contributed by atoms with Crippen LogP contribution in [0.4, 0.5) is 0 Å². The first-order valence-electron chi connectivity index (χ1n) is 15.9. The van der Waals surface area contributed by atoms with Gasteiger partial charge in [-0.2, -0.15) is 0 Å². The Kier molecular flexibility index (Phi) is 15.7. The molecule has 0 N–H and O–H groups in total. The molecule has 0 spiro atoms. The van der Waals surface area contributed by atoms with E-state index in [1.54, 1.807) is 24.3 Å². The zero-order valence-electron chi connectivity index (χ0n) is 27.0. The average Bonchev–Trinajstić information content (AvgIpc) is 3.47. The normalized spacial score (nSPS) is 19.7. The molecule has 3 aromatic rings. The van der Waals surface area contributed by atoms with Gasteiger partial charge in [0.05, 0.1) is 20.1 Å². The predicted molar refractivity (Wildman–Crippen MR) is 198 cm³/mol. The first kappa shape index (κ1) is 38.5. The Labute approximate surface area is 309 Å². The van der Waals surface area contributed by atoms with Crippen LogP contribution < -0.4 is 14.2 Å². The number of nitrogens with zero attached hydrogens (tertiary/aromatic N) is 3. The summed E-state index contributed by atoms with van der Waals surface area (Å²) in [6.45, 7) is 6.34. The summed E-state index contributed by atoms with van der Waals surface area (Å²) < 4.78 is 17.5. The van der Waals surface area contributed by atoms with Crippen LogP contribution >= 0.6 is 69.6 Å². The number of hydrogen-bond acceptors (Lipinski definition) is 6. The third-order valence-corrected chi connectivity index (χ3v) is 10.6. The number of likely N-dealkylation sites (N-methyl/N-ethyl adjacent to an activating group) is 1. The third-order valence-electron chi connectivity index (χ3n) is 8.29. The number of benzene rings is 3. The van der Waals surface area contributed by atoms with Crippen LogP contribution in [0.2, 0.25) is 30.1 Å². The van der Waals surface area contributed by atoms with Gasteiger partial charge < -0.3 is 28.9 Å². The molecule has 0 bridgehead atoms. The molecule has 12 heteroatoms. The van der Waals surface area contributed by atoms with Crippen LogP contribution in [0.5, 0.6) is 17.2 Å². The van der Waals surface area contributed by atoms with Gasteiger partial charge in [-0.25, -0.2) is 0 Å². The summed E-state index contributed by atoms with van der Waals surface area (Å²) in [5.74, 6) is 2.19. The summed E-state index contributed by atoms with van der Waals surface area (Å²) >= 11 is 35.7. The van der Waals surface area contributed by atoms with Gasteiger partial charge in [0.25, 0.3) is 0 Å². The average molecular weight is 766 g/mol. The number of piperidine rings is 2. The maximum Gasteiger partial charge on any atom is 0.139 e. The van der Waals surface area contributed by atoms with Crippen molar-refractivity contribution in [2.24, 2.45) is 0 Å². The lowest BCUT2D eigenvalue weighted by molar-refractivity contribution is 0.114. The molecular weight excluding hydrogens is 723 g/mol. The zero-order chi connectivity index (χ0) is 33.9. The molecule has 6 nitrogen and oxygen atoms in total. The smallest absolute Gasteiger partial charge is 0.139 e. The zero-order valence-corrected chi connectivity index (χ0v) is 31.6. The molecule has 0 aliphatic carbocycles. The number of likely N-dealkylation sites (tertiary alicyclic amines) is 3. The van der Waals surface area contributed by atoms with Crippen LogP contribution in [0.3, 0.4) is 0 Å². The maximum atomic E-state index is 6.07. The van der Waals surface area contributed by atoms with E-state index in [1.807, 2.05) is 30.3 Å². The van der Waals surface area contributed by atoms with E-state index in [1.165, 1.54) is 0 Å². The van der Waals surface area contributed by atoms with Gasteiger partial charge in [0.2, 0.25) is 0 Å². The van der Waals surface area contributed by atoms with Crippen molar-refractivity contribution in [3.63, 3.8) is 0 Å². The van der Waals surface area contributed by atoms with Crippen molar-refractivity contribution in [2.45, 2.75) is 50.4 Å². The molecule has 6 rings (SSSR count). The second-order valence-corrected chi connectivity index (χ2v) is 14.6. The van der Waals surface area contributed by atoms with E-state index in [0.29, 0.717) is 47.7 Å². The molecular formula is C35H43Cl6N3O3. The van der Waals surface area contributed by atoms with E-state index in [9.17, 15) is 0 Å². The molecule has 3 aliphatic heterocycles. The molecule has 1 atom stereocenters. The van der Waals surface area contributed by atoms with Gasteiger partial charge in [0.15, 0.2) is 0 Å². The standard InChI is InChI=1S/2C12H15Cl2NO.C11H13Cl2NO/c1-15-6-4-9(5-7-15)16-10-2-3-11(13)12(14)8-10;1-15-7-5-9(6-8-15)16-11-4-2-3-10(13)12(11)14;1-14-6-5-8(7-14)15-10-4-2-3-9(12)11(10)13/h2-3,8-9H,4-7H2,1H3;2-4,9H,5-8H2,1H3;2-4,8H,5-7H2,1H3. The Morgan fingerprint density at radius 2 is 0.936 bits per heavy atom. The number of ether oxygens (including phenoxy) is 3. The van der Waals surface area contributed by atoms with Crippen LogP contribution in [0.25, 0.3) is 0 Å². The predicted octanol–water partition coefficient (Wildman–Crippen LogP) is 10.0. The Balaban J connectivity index is 0.000000160. The maximum absolute atomic E-state index is 6.07. The van der Waals surface area contributed by atoms with Crippen molar-refractivity contribution in [1.82, 2.24) is 14.7 Å². The summed E-state index contributed by atoms with van der Waals surface area (Å²) in [5, 5.41) is 3.23. The summed E-state index contributed by atoms with van der Waals surface area (Å²) in [4.78, 5) is 6.86. The van der Waals surface area contributed by atoms with Crippen LogP contribution in [0.1, 0.15) is 32.1 Å². The van der Waals surface area contributed by atoms with E-state index >= 15 is 0 Å². The van der Waals surface area contributed by atoms with Crippen molar-refractivity contribution in [3.8, 4) is 17.2 Å². The van der Waals surface area contributed by atoms with Crippen LogP contribution in [0.15, 0.2) is 54.6 Å². The quantitative estimate of drug-likeness (QED) is 0.249. The lowest BCUT2D eigenvalue weighted by atomic mass is 10.1. The van der Waals surface area contributed by atoms with E-state index < -0.39 is 0 Å². The minimum Gasteiger partial charge on any atom is -0.490 e. The molecule has 3 fully saturated rings. The topological polar surface area (TPSA) is 37.4 Å². The molecule has 3 heterocycles. The molecule has 3 saturated heterocycles. The molecule has 47 heavy (non-hydrogen) atoms. The number of halogens is 6. The highest BCUT2D eigenvalue weighted by Crippen LogP contribution is 2.34. The van der Waals surface area contributed by atoms with E-state index in [0.717, 1.165) is 77.1 Å². The second-order valence-electron chi connectivity index (χ2n) is 12.2. The van der Waals surface area contributed by atoms with Crippen LogP contribution in [0, 0.1) is 0 Å². The fourth-order valence-electron chi connectivity index (χ4n) is 5.45. The third kappa shape index (κ3) is 12.5. The number of hydrogen-bond donors (Lipinski definition) is 0. The van der Waals surface area contributed by atoms with Crippen molar-refractivity contribution in [1.29, 1.82) is 0 Å². The van der Waals surface area contributed by atoms with Crippen molar-refractivity contribution in [2.75, 3.05) is 60.4 Å². The lowest BCUT2D eigenvalue weighted by Gasteiger charge is -2.29. The van der Waals surface area contributed by atoms with Gasteiger partial charge in [-0.05, 0) is 89.6 Å². The summed E-state index contributed by atoms with van der Waals surface area (Å²) in [6, 6.07) is 16.4. The second kappa shape index (κ2) is 19.2. The summed E-state index contributed by atoms with van der Waals surface area (Å²) in [5.41, 5.74) is 0. The highest BCUT2D eigenvalue weighted by atomic mass is 35.5. The summed E-state index contributed by atoms with van der Waals surface area (Å²) in [7, 11) is 6.35. The molecule has 3 aliphatic rings. The van der Waals surface area contributed by atoms with Crippen LogP contribution in [-0.4, -0.2) is 93.4 Å². The van der Waals surface area contributed by atoms with Gasteiger partial charge in [-0.3, -0.25) is 0 Å². The van der Waals surface area contributed by atoms with Gasteiger partial charge in [0.1, 0.15) is 45.6 Å². The Hall–Kier alpha value is -1.32. The molecule has 0 aromatic heterocycles. The molecule has 0 radical (unpaired) electrons. The van der Waals surface area contributed by atoms with Gasteiger partial charge in [0, 0.05) is 45.3 Å². The minimum atomic E-state index is 0.228. The Morgan fingerprint density at radius 1 is 0.489 bits per heavy atom. The first-order valence-corrected chi connectivity index (χ1v) is 18.1. The van der Waals surface area contributed by atoms with Gasteiger partial charge in [-0.15, -0.1) is 0 Å².